The number of urea groups is 1. The summed E-state index contributed by atoms with van der Waals surface area (Å²) in [5.41, 5.74) is 6.45. The molecule has 1 N–H and O–H groups in total. The number of para-hydroxylation sites is 1. The Morgan fingerprint density at radius 1 is 0.976 bits per heavy atom. The van der Waals surface area contributed by atoms with Crippen LogP contribution in [0, 0.1) is 6.92 Å². The molecule has 0 aliphatic carbocycles. The zero-order chi connectivity index (χ0) is 28.5. The van der Waals surface area contributed by atoms with Crippen LogP contribution in [0.1, 0.15) is 41.0 Å². The van der Waals surface area contributed by atoms with E-state index in [2.05, 4.69) is 35.0 Å². The van der Waals surface area contributed by atoms with Crippen LogP contribution in [0.5, 0.6) is 11.5 Å². The fourth-order valence-corrected chi connectivity index (χ4v) is 5.62. The second-order valence-corrected chi connectivity index (χ2v) is 10.1. The number of hydrogen-bond donors (Lipinski definition) is 1. The first-order valence-electron chi connectivity index (χ1n) is 13.7. The lowest BCUT2D eigenvalue weighted by Gasteiger charge is -2.31. The van der Waals surface area contributed by atoms with E-state index in [-0.39, 0.29) is 6.03 Å². The number of rotatable bonds is 6. The Balaban J connectivity index is 1.56. The van der Waals surface area contributed by atoms with E-state index in [1.165, 1.54) is 0 Å². The van der Waals surface area contributed by atoms with Gasteiger partial charge in [0.05, 0.1) is 49.6 Å². The molecule has 0 bridgehead atoms. The van der Waals surface area contributed by atoms with Crippen LogP contribution in [-0.4, -0.2) is 39.5 Å². The van der Waals surface area contributed by atoms with Gasteiger partial charge in [-0.05, 0) is 73.0 Å². The van der Waals surface area contributed by atoms with Crippen LogP contribution >= 0.6 is 0 Å². The summed E-state index contributed by atoms with van der Waals surface area (Å²) >= 11 is 0. The third kappa shape index (κ3) is 4.71. The lowest BCUT2D eigenvalue weighted by molar-refractivity contribution is 0.194. The zero-order valence-electron chi connectivity index (χ0n) is 23.7. The number of nitrogens with zero attached hydrogens (tertiary/aromatic N) is 4. The number of ether oxygens (including phenoxy) is 2. The van der Waals surface area contributed by atoms with Crippen LogP contribution in [0.3, 0.4) is 0 Å². The van der Waals surface area contributed by atoms with E-state index in [1.807, 2.05) is 89.4 Å². The van der Waals surface area contributed by atoms with Crippen molar-refractivity contribution in [2.24, 2.45) is 0 Å². The smallest absolute Gasteiger partial charge is 0.323 e. The number of nitrogens with one attached hydrogen (secondary N) is 1. The average molecular weight is 548 g/mol. The highest BCUT2D eigenvalue weighted by atomic mass is 16.5. The number of fused-ring (bicyclic) bond motifs is 3. The van der Waals surface area contributed by atoms with Crippen LogP contribution in [0.15, 0.2) is 91.1 Å². The van der Waals surface area contributed by atoms with Gasteiger partial charge in [-0.25, -0.2) is 9.48 Å². The molecule has 41 heavy (non-hydrogen) atoms. The summed E-state index contributed by atoms with van der Waals surface area (Å²) in [6.07, 6.45) is 2.77. The standard InChI is InChI=1S/C33H33N5O3/c1-5-27-26-21-37(33(39)34-28-19-22(2)16-17-30(28)41-4)31(23-11-9-14-25(20-23)40-3)29-15-10-18-36(29)32(26)38(35-27)24-12-7-6-8-13-24/h6-20,31H,5,21H2,1-4H3,(H,34,39)/t31-/m0/s1. The highest BCUT2D eigenvalue weighted by Gasteiger charge is 2.36. The Bertz CT molecular complexity index is 1710. The third-order valence-corrected chi connectivity index (χ3v) is 7.57. The molecule has 0 spiro atoms. The SMILES string of the molecule is CCc1nn(-c2ccccc2)c2c1CN(C(=O)Nc1cc(C)ccc1OC)[C@@H](c1cccc(OC)c1)c1cccn1-2. The van der Waals surface area contributed by atoms with Gasteiger partial charge in [-0.1, -0.05) is 43.3 Å². The summed E-state index contributed by atoms with van der Waals surface area (Å²) in [6.45, 7) is 4.45. The molecule has 5 aromatic rings. The predicted molar refractivity (Wildman–Crippen MR) is 159 cm³/mol. The van der Waals surface area contributed by atoms with E-state index in [1.54, 1.807) is 14.2 Å². The van der Waals surface area contributed by atoms with E-state index in [0.717, 1.165) is 51.8 Å². The number of carbonyl (C=O) groups is 1. The summed E-state index contributed by atoms with van der Waals surface area (Å²) < 4.78 is 15.3. The second kappa shape index (κ2) is 10.9. The fraction of sp³-hybridized carbons (Fsp3) is 0.212. The van der Waals surface area contributed by atoms with E-state index in [0.29, 0.717) is 18.0 Å². The normalized spacial score (nSPS) is 14.1. The van der Waals surface area contributed by atoms with Crippen molar-refractivity contribution in [3.05, 3.63) is 119 Å². The molecule has 8 nitrogen and oxygen atoms in total. The summed E-state index contributed by atoms with van der Waals surface area (Å²) in [5, 5.41) is 8.19. The van der Waals surface area contributed by atoms with Gasteiger partial charge in [0, 0.05) is 11.8 Å². The molecule has 0 saturated carbocycles. The van der Waals surface area contributed by atoms with Crippen LogP contribution in [-0.2, 0) is 13.0 Å². The Hall–Kier alpha value is -4.98. The first-order chi connectivity index (χ1) is 20.0. The second-order valence-electron chi connectivity index (χ2n) is 10.1. The zero-order valence-corrected chi connectivity index (χ0v) is 23.7. The van der Waals surface area contributed by atoms with Gasteiger partial charge in [0.2, 0.25) is 0 Å². The Labute approximate surface area is 239 Å². The molecule has 208 valence electrons. The molecular formula is C33H33N5O3. The monoisotopic (exact) mass is 547 g/mol. The van der Waals surface area contributed by atoms with Gasteiger partial charge in [-0.15, -0.1) is 0 Å². The van der Waals surface area contributed by atoms with Gasteiger partial charge in [-0.2, -0.15) is 5.10 Å². The number of hydrogen-bond acceptors (Lipinski definition) is 4. The van der Waals surface area contributed by atoms with Crippen molar-refractivity contribution in [1.29, 1.82) is 0 Å². The number of amides is 2. The van der Waals surface area contributed by atoms with Crippen LogP contribution in [0.2, 0.25) is 0 Å². The van der Waals surface area contributed by atoms with Crippen molar-refractivity contribution in [1.82, 2.24) is 19.2 Å². The summed E-state index contributed by atoms with van der Waals surface area (Å²) in [7, 11) is 3.26. The van der Waals surface area contributed by atoms with Crippen molar-refractivity contribution >= 4 is 11.7 Å². The number of anilines is 1. The molecule has 1 aliphatic heterocycles. The predicted octanol–water partition coefficient (Wildman–Crippen LogP) is 6.69. The molecule has 2 aromatic heterocycles. The van der Waals surface area contributed by atoms with E-state index >= 15 is 0 Å². The van der Waals surface area contributed by atoms with Gasteiger partial charge in [-0.3, -0.25) is 0 Å². The third-order valence-electron chi connectivity index (χ3n) is 7.57. The van der Waals surface area contributed by atoms with Crippen molar-refractivity contribution < 1.29 is 14.3 Å². The lowest BCUT2D eigenvalue weighted by Crippen LogP contribution is -2.38. The van der Waals surface area contributed by atoms with Gasteiger partial charge in [0.15, 0.2) is 0 Å². The Morgan fingerprint density at radius 2 is 1.80 bits per heavy atom. The molecular weight excluding hydrogens is 514 g/mol. The average Bonchev–Trinajstić information content (AvgIpc) is 3.58. The Morgan fingerprint density at radius 3 is 2.56 bits per heavy atom. The number of aryl methyl sites for hydroxylation is 2. The van der Waals surface area contributed by atoms with Crippen molar-refractivity contribution in [2.75, 3.05) is 19.5 Å². The maximum atomic E-state index is 14.3. The number of methoxy groups -OCH3 is 2. The van der Waals surface area contributed by atoms with Gasteiger partial charge in [0.25, 0.3) is 0 Å². The number of carbonyl (C=O) groups excluding carboxylic acids is 1. The maximum absolute atomic E-state index is 14.3. The lowest BCUT2D eigenvalue weighted by atomic mass is 10.0. The van der Waals surface area contributed by atoms with Crippen LogP contribution in [0.4, 0.5) is 10.5 Å². The molecule has 0 unspecified atom stereocenters. The van der Waals surface area contributed by atoms with Crippen LogP contribution < -0.4 is 14.8 Å². The van der Waals surface area contributed by atoms with Crippen molar-refractivity contribution in [2.45, 2.75) is 32.9 Å². The summed E-state index contributed by atoms with van der Waals surface area (Å²) in [5.74, 6) is 2.27. The molecule has 0 fully saturated rings. The van der Waals surface area contributed by atoms with Crippen molar-refractivity contribution in [3.63, 3.8) is 0 Å². The molecule has 6 rings (SSSR count). The molecule has 0 saturated heterocycles. The summed E-state index contributed by atoms with van der Waals surface area (Å²) in [6, 6.07) is 27.2. The molecule has 0 radical (unpaired) electrons. The maximum Gasteiger partial charge on any atom is 0.323 e. The molecule has 1 aliphatic rings. The van der Waals surface area contributed by atoms with E-state index < -0.39 is 6.04 Å². The molecule has 3 aromatic carbocycles. The minimum atomic E-state index is -0.405. The van der Waals surface area contributed by atoms with E-state index in [4.69, 9.17) is 14.6 Å². The Kier molecular flexibility index (Phi) is 6.97. The minimum Gasteiger partial charge on any atom is -0.497 e. The quantitative estimate of drug-likeness (QED) is 0.257. The molecule has 2 amide bonds. The van der Waals surface area contributed by atoms with Gasteiger partial charge < -0.3 is 24.3 Å². The first kappa shape index (κ1) is 26.3. The van der Waals surface area contributed by atoms with E-state index in [9.17, 15) is 4.79 Å². The molecule has 8 heteroatoms. The first-order valence-corrected chi connectivity index (χ1v) is 13.7. The highest BCUT2D eigenvalue weighted by molar-refractivity contribution is 5.92. The number of aromatic nitrogens is 3. The molecule has 1 atom stereocenters. The molecule has 3 heterocycles. The minimum absolute atomic E-state index is 0.239. The highest BCUT2D eigenvalue weighted by Crippen LogP contribution is 2.40. The fourth-order valence-electron chi connectivity index (χ4n) is 5.62. The van der Waals surface area contributed by atoms with Crippen LogP contribution in [0.25, 0.3) is 11.5 Å². The summed E-state index contributed by atoms with van der Waals surface area (Å²) in [4.78, 5) is 16.2. The number of benzene rings is 3. The largest absolute Gasteiger partial charge is 0.497 e. The van der Waals surface area contributed by atoms with Crippen molar-refractivity contribution in [3.8, 4) is 23.0 Å². The van der Waals surface area contributed by atoms with Gasteiger partial charge in [0.1, 0.15) is 17.3 Å². The van der Waals surface area contributed by atoms with Gasteiger partial charge >= 0.3 is 6.03 Å². The topological polar surface area (TPSA) is 73.6 Å².